The Morgan fingerprint density at radius 3 is 2.42 bits per heavy atom. The molecule has 4 nitrogen and oxygen atoms in total. The van der Waals surface area contributed by atoms with E-state index in [1.54, 1.807) is 0 Å². The van der Waals surface area contributed by atoms with Gasteiger partial charge in [0, 0.05) is 32.1 Å². The second kappa shape index (κ2) is 6.23. The number of nitrogens with zero attached hydrogens (tertiary/aromatic N) is 2. The molecule has 3 rings (SSSR count). The Morgan fingerprint density at radius 1 is 1.05 bits per heavy atom. The third-order valence-corrected chi connectivity index (χ3v) is 4.70. The fourth-order valence-electron chi connectivity index (χ4n) is 3.44. The molecular formula is C15H26N2O2. The van der Waals surface area contributed by atoms with Gasteiger partial charge in [0.2, 0.25) is 0 Å². The van der Waals surface area contributed by atoms with E-state index in [1.807, 2.05) is 0 Å². The second-order valence-corrected chi connectivity index (χ2v) is 6.10. The highest BCUT2D eigenvalue weighted by Gasteiger charge is 2.39. The van der Waals surface area contributed by atoms with Gasteiger partial charge in [-0.25, -0.2) is 0 Å². The molecule has 0 aromatic heterocycles. The Morgan fingerprint density at radius 2 is 1.74 bits per heavy atom. The van der Waals surface area contributed by atoms with Crippen LogP contribution in [0, 0.1) is 5.92 Å². The molecule has 19 heavy (non-hydrogen) atoms. The quantitative estimate of drug-likeness (QED) is 0.737. The standard InChI is InChI=1S/C15H26N2O2/c1-2-10-17(11-3-1)16-9-6-14-4-7-15(8-5-14)18-12-13-19-15/h9,14H,1-8,10-13H2/b16-9+. The molecule has 0 amide bonds. The fraction of sp³-hybridized carbons (Fsp3) is 0.933. The maximum absolute atomic E-state index is 5.77. The van der Waals surface area contributed by atoms with Crippen LogP contribution in [0.2, 0.25) is 0 Å². The van der Waals surface area contributed by atoms with Gasteiger partial charge in [0.05, 0.1) is 13.2 Å². The minimum Gasteiger partial charge on any atom is -0.348 e. The first-order valence-corrected chi connectivity index (χ1v) is 7.92. The molecule has 0 unspecified atom stereocenters. The van der Waals surface area contributed by atoms with Gasteiger partial charge in [0.25, 0.3) is 0 Å². The van der Waals surface area contributed by atoms with E-state index in [-0.39, 0.29) is 5.79 Å². The highest BCUT2D eigenvalue weighted by molar-refractivity contribution is 5.57. The van der Waals surface area contributed by atoms with Gasteiger partial charge in [-0.15, -0.1) is 0 Å². The summed E-state index contributed by atoms with van der Waals surface area (Å²) in [6, 6.07) is 0. The number of rotatable bonds is 3. The summed E-state index contributed by atoms with van der Waals surface area (Å²) in [6.45, 7) is 3.85. The minimum atomic E-state index is -0.208. The molecule has 4 heteroatoms. The van der Waals surface area contributed by atoms with E-state index >= 15 is 0 Å². The van der Waals surface area contributed by atoms with Gasteiger partial charge < -0.3 is 9.47 Å². The van der Waals surface area contributed by atoms with E-state index in [9.17, 15) is 0 Å². The van der Waals surface area contributed by atoms with Crippen molar-refractivity contribution < 1.29 is 9.47 Å². The Bertz CT molecular complexity index is 297. The summed E-state index contributed by atoms with van der Waals surface area (Å²) in [5.41, 5.74) is 0. The zero-order valence-electron chi connectivity index (χ0n) is 11.9. The van der Waals surface area contributed by atoms with Crippen molar-refractivity contribution in [2.45, 2.75) is 57.2 Å². The molecule has 2 aliphatic heterocycles. The lowest BCUT2D eigenvalue weighted by molar-refractivity contribution is -0.182. The lowest BCUT2D eigenvalue weighted by Gasteiger charge is -2.35. The highest BCUT2D eigenvalue weighted by Crippen LogP contribution is 2.39. The first-order chi connectivity index (χ1) is 9.36. The summed E-state index contributed by atoms with van der Waals surface area (Å²) >= 11 is 0. The molecule has 1 saturated carbocycles. The van der Waals surface area contributed by atoms with Gasteiger partial charge in [-0.05, 0) is 44.4 Å². The molecule has 1 aliphatic carbocycles. The van der Waals surface area contributed by atoms with Gasteiger partial charge in [0.1, 0.15) is 0 Å². The molecule has 0 radical (unpaired) electrons. The number of ether oxygens (including phenoxy) is 2. The van der Waals surface area contributed by atoms with Crippen LogP contribution in [-0.2, 0) is 9.47 Å². The first kappa shape index (κ1) is 13.4. The average molecular weight is 266 g/mol. The predicted molar refractivity (Wildman–Crippen MR) is 75.1 cm³/mol. The first-order valence-electron chi connectivity index (χ1n) is 7.92. The normalized spacial score (nSPS) is 28.5. The predicted octanol–water partition coefficient (Wildman–Crippen LogP) is 2.78. The number of hydrogen-bond donors (Lipinski definition) is 0. The molecule has 0 atom stereocenters. The van der Waals surface area contributed by atoms with Gasteiger partial charge in [-0.3, -0.25) is 5.01 Å². The van der Waals surface area contributed by atoms with Gasteiger partial charge >= 0.3 is 0 Å². The molecule has 0 N–H and O–H groups in total. The van der Waals surface area contributed by atoms with Gasteiger partial charge in [-0.1, -0.05) is 0 Å². The van der Waals surface area contributed by atoms with Crippen LogP contribution in [0.4, 0.5) is 0 Å². The van der Waals surface area contributed by atoms with Crippen LogP contribution < -0.4 is 0 Å². The molecular weight excluding hydrogens is 240 g/mol. The van der Waals surface area contributed by atoms with Crippen LogP contribution in [0.15, 0.2) is 5.10 Å². The van der Waals surface area contributed by atoms with E-state index in [2.05, 4.69) is 16.3 Å². The summed E-state index contributed by atoms with van der Waals surface area (Å²) in [6.07, 6.45) is 11.8. The monoisotopic (exact) mass is 266 g/mol. The van der Waals surface area contributed by atoms with Crippen molar-refractivity contribution in [3.8, 4) is 0 Å². The summed E-state index contributed by atoms with van der Waals surface area (Å²) in [4.78, 5) is 0. The lowest BCUT2D eigenvalue weighted by Crippen LogP contribution is -2.35. The van der Waals surface area contributed by atoms with Crippen LogP contribution in [-0.4, -0.2) is 43.3 Å². The van der Waals surface area contributed by atoms with Crippen LogP contribution >= 0.6 is 0 Å². The Balaban J connectivity index is 1.38. The van der Waals surface area contributed by atoms with Crippen LogP contribution in [0.3, 0.4) is 0 Å². The molecule has 0 bridgehead atoms. The molecule has 2 heterocycles. The fourth-order valence-corrected chi connectivity index (χ4v) is 3.44. The van der Waals surface area contributed by atoms with E-state index in [0.29, 0.717) is 0 Å². The van der Waals surface area contributed by atoms with Crippen LogP contribution in [0.25, 0.3) is 0 Å². The number of piperidine rings is 1. The van der Waals surface area contributed by atoms with E-state index in [1.165, 1.54) is 32.1 Å². The molecule has 2 saturated heterocycles. The summed E-state index contributed by atoms with van der Waals surface area (Å²) in [7, 11) is 0. The van der Waals surface area contributed by atoms with Crippen molar-refractivity contribution in [1.29, 1.82) is 0 Å². The van der Waals surface area contributed by atoms with Crippen molar-refractivity contribution >= 4 is 6.21 Å². The molecule has 1 spiro atoms. The number of hydrazone groups is 1. The zero-order valence-corrected chi connectivity index (χ0v) is 11.9. The van der Waals surface area contributed by atoms with E-state index < -0.39 is 0 Å². The Kier molecular flexibility index (Phi) is 4.38. The third-order valence-electron chi connectivity index (χ3n) is 4.70. The largest absolute Gasteiger partial charge is 0.348 e. The minimum absolute atomic E-state index is 0.208. The second-order valence-electron chi connectivity index (χ2n) is 6.10. The SMILES string of the molecule is C(/CC1CCC2(CC1)OCCO2)=N\N1CCCCC1. The zero-order chi connectivity index (χ0) is 13.0. The Hall–Kier alpha value is -0.610. The molecule has 3 aliphatic rings. The summed E-state index contributed by atoms with van der Waals surface area (Å²) < 4.78 is 11.5. The topological polar surface area (TPSA) is 34.1 Å². The molecule has 3 fully saturated rings. The molecule has 108 valence electrons. The van der Waals surface area contributed by atoms with E-state index in [0.717, 1.165) is 51.5 Å². The maximum Gasteiger partial charge on any atom is 0.168 e. The van der Waals surface area contributed by atoms with Crippen molar-refractivity contribution in [2.75, 3.05) is 26.3 Å². The smallest absolute Gasteiger partial charge is 0.168 e. The summed E-state index contributed by atoms with van der Waals surface area (Å²) in [5.74, 6) is 0.563. The van der Waals surface area contributed by atoms with Crippen molar-refractivity contribution in [3.63, 3.8) is 0 Å². The highest BCUT2D eigenvalue weighted by atomic mass is 16.7. The van der Waals surface area contributed by atoms with Crippen molar-refractivity contribution in [3.05, 3.63) is 0 Å². The Labute approximate surface area is 116 Å². The third kappa shape index (κ3) is 3.48. The molecule has 0 aromatic carbocycles. The van der Waals surface area contributed by atoms with Crippen molar-refractivity contribution in [1.82, 2.24) is 5.01 Å². The molecule has 0 aromatic rings. The average Bonchev–Trinajstić information content (AvgIpc) is 2.91. The van der Waals surface area contributed by atoms with Crippen molar-refractivity contribution in [2.24, 2.45) is 11.0 Å². The summed E-state index contributed by atoms with van der Waals surface area (Å²) in [5, 5.41) is 6.85. The van der Waals surface area contributed by atoms with Crippen LogP contribution in [0.5, 0.6) is 0 Å². The lowest BCUT2D eigenvalue weighted by atomic mass is 9.83. The maximum atomic E-state index is 5.77. The van der Waals surface area contributed by atoms with E-state index in [4.69, 9.17) is 9.47 Å². The number of hydrogen-bond acceptors (Lipinski definition) is 4. The van der Waals surface area contributed by atoms with Gasteiger partial charge in [0.15, 0.2) is 5.79 Å². The van der Waals surface area contributed by atoms with Gasteiger partial charge in [-0.2, -0.15) is 5.10 Å². The van der Waals surface area contributed by atoms with Crippen LogP contribution in [0.1, 0.15) is 51.4 Å².